The van der Waals surface area contributed by atoms with Crippen molar-refractivity contribution >= 4 is 11.7 Å². The van der Waals surface area contributed by atoms with E-state index in [-0.39, 0.29) is 29.2 Å². The van der Waals surface area contributed by atoms with Crippen LogP contribution in [0.2, 0.25) is 0 Å². The van der Waals surface area contributed by atoms with Crippen LogP contribution in [0, 0.1) is 6.92 Å². The average Bonchev–Trinajstić information content (AvgIpc) is 2.96. The largest absolute Gasteiger partial charge is 0.368 e. The number of rotatable bonds is 3. The van der Waals surface area contributed by atoms with Crippen LogP contribution in [0.25, 0.3) is 0 Å². The second-order valence-electron chi connectivity index (χ2n) is 7.99. The topological polar surface area (TPSA) is 59.4 Å². The van der Waals surface area contributed by atoms with Gasteiger partial charge in [-0.15, -0.1) is 0 Å². The van der Waals surface area contributed by atoms with E-state index in [0.717, 1.165) is 30.9 Å². The lowest BCUT2D eigenvalue weighted by atomic mass is 9.93. The van der Waals surface area contributed by atoms with Gasteiger partial charge in [-0.05, 0) is 47.5 Å². The SMILES string of the molecule is Cc1cc(N2CC[C@@H](N[C@H]3CC(C)(C)OC3(C)C)C2=O)n(C)n1. The molecule has 0 aromatic carbocycles. The fourth-order valence-electron chi connectivity index (χ4n) is 3.98. The van der Waals surface area contributed by atoms with Crippen LogP contribution in [0.15, 0.2) is 6.07 Å². The first-order valence-electron chi connectivity index (χ1n) is 8.37. The van der Waals surface area contributed by atoms with E-state index in [2.05, 4.69) is 38.1 Å². The van der Waals surface area contributed by atoms with Gasteiger partial charge in [0.1, 0.15) is 5.82 Å². The Hall–Kier alpha value is -1.40. The molecule has 2 atom stereocenters. The zero-order chi connectivity index (χ0) is 17.0. The van der Waals surface area contributed by atoms with E-state index < -0.39 is 0 Å². The van der Waals surface area contributed by atoms with Crippen molar-refractivity contribution < 1.29 is 9.53 Å². The lowest BCUT2D eigenvalue weighted by Gasteiger charge is -2.29. The van der Waals surface area contributed by atoms with E-state index >= 15 is 0 Å². The van der Waals surface area contributed by atoms with Crippen LogP contribution in [-0.4, -0.2) is 45.5 Å². The van der Waals surface area contributed by atoms with Gasteiger partial charge in [0.25, 0.3) is 0 Å². The molecule has 0 saturated carbocycles. The molecule has 1 amide bonds. The zero-order valence-electron chi connectivity index (χ0n) is 15.0. The lowest BCUT2D eigenvalue weighted by molar-refractivity contribution is -0.119. The van der Waals surface area contributed by atoms with Crippen molar-refractivity contribution in [1.29, 1.82) is 0 Å². The van der Waals surface area contributed by atoms with E-state index in [1.807, 2.05) is 24.9 Å². The summed E-state index contributed by atoms with van der Waals surface area (Å²) in [6, 6.07) is 2.00. The minimum absolute atomic E-state index is 0.133. The Balaban J connectivity index is 1.72. The number of amides is 1. The van der Waals surface area contributed by atoms with Gasteiger partial charge in [-0.2, -0.15) is 5.10 Å². The van der Waals surface area contributed by atoms with E-state index in [1.54, 1.807) is 4.68 Å². The van der Waals surface area contributed by atoms with Crippen LogP contribution in [0.5, 0.6) is 0 Å². The number of hydrogen-bond acceptors (Lipinski definition) is 4. The summed E-state index contributed by atoms with van der Waals surface area (Å²) in [4.78, 5) is 14.6. The molecule has 2 saturated heterocycles. The summed E-state index contributed by atoms with van der Waals surface area (Å²) in [5.74, 6) is 1.01. The van der Waals surface area contributed by atoms with E-state index in [0.29, 0.717) is 0 Å². The summed E-state index contributed by atoms with van der Waals surface area (Å²) in [5.41, 5.74) is 0.515. The van der Waals surface area contributed by atoms with E-state index in [9.17, 15) is 4.79 Å². The molecule has 3 heterocycles. The number of carbonyl (C=O) groups excluding carboxylic acids is 1. The Morgan fingerprint density at radius 1 is 1.35 bits per heavy atom. The van der Waals surface area contributed by atoms with Crippen molar-refractivity contribution in [2.75, 3.05) is 11.4 Å². The average molecular weight is 320 g/mol. The van der Waals surface area contributed by atoms with Crippen molar-refractivity contribution in [3.63, 3.8) is 0 Å². The third-order valence-electron chi connectivity index (χ3n) is 4.94. The van der Waals surface area contributed by atoms with Crippen LogP contribution in [0.4, 0.5) is 5.82 Å². The highest BCUT2D eigenvalue weighted by Crippen LogP contribution is 2.38. The summed E-state index contributed by atoms with van der Waals surface area (Å²) in [7, 11) is 1.88. The van der Waals surface area contributed by atoms with Gasteiger partial charge in [-0.3, -0.25) is 14.4 Å². The summed E-state index contributed by atoms with van der Waals surface area (Å²) in [5, 5.41) is 7.90. The molecule has 2 fully saturated rings. The number of anilines is 1. The molecule has 6 heteroatoms. The second-order valence-corrected chi connectivity index (χ2v) is 7.99. The minimum atomic E-state index is -0.264. The molecule has 0 aliphatic carbocycles. The molecule has 0 radical (unpaired) electrons. The predicted molar refractivity (Wildman–Crippen MR) is 89.5 cm³/mol. The molecule has 6 nitrogen and oxygen atoms in total. The monoisotopic (exact) mass is 320 g/mol. The number of nitrogens with zero attached hydrogens (tertiary/aromatic N) is 3. The number of aryl methyl sites for hydroxylation is 2. The Kier molecular flexibility index (Phi) is 3.80. The number of aromatic nitrogens is 2. The van der Waals surface area contributed by atoms with Crippen molar-refractivity contribution in [2.45, 2.75) is 70.7 Å². The van der Waals surface area contributed by atoms with Gasteiger partial charge in [0, 0.05) is 25.7 Å². The molecule has 0 bridgehead atoms. The van der Waals surface area contributed by atoms with Crippen molar-refractivity contribution in [1.82, 2.24) is 15.1 Å². The molecular weight excluding hydrogens is 292 g/mol. The molecule has 2 aliphatic heterocycles. The smallest absolute Gasteiger partial charge is 0.245 e. The molecule has 1 aromatic rings. The van der Waals surface area contributed by atoms with Gasteiger partial charge in [0.2, 0.25) is 5.91 Å². The maximum atomic E-state index is 12.8. The molecule has 0 unspecified atom stereocenters. The molecule has 0 spiro atoms. The number of carbonyl (C=O) groups is 1. The Bertz CT molecular complexity index is 620. The van der Waals surface area contributed by atoms with Gasteiger partial charge in [-0.1, -0.05) is 0 Å². The van der Waals surface area contributed by atoms with Gasteiger partial charge >= 0.3 is 0 Å². The second kappa shape index (κ2) is 5.31. The number of hydrogen-bond donors (Lipinski definition) is 1. The predicted octanol–water partition coefficient (Wildman–Crippen LogP) is 1.77. The summed E-state index contributed by atoms with van der Waals surface area (Å²) >= 11 is 0. The van der Waals surface area contributed by atoms with Crippen LogP contribution in [0.1, 0.15) is 46.2 Å². The van der Waals surface area contributed by atoms with Crippen LogP contribution in [-0.2, 0) is 16.6 Å². The van der Waals surface area contributed by atoms with Gasteiger partial charge < -0.3 is 10.1 Å². The van der Waals surface area contributed by atoms with Crippen LogP contribution < -0.4 is 10.2 Å². The van der Waals surface area contributed by atoms with Crippen molar-refractivity contribution in [2.24, 2.45) is 7.05 Å². The molecule has 1 aromatic heterocycles. The molecule has 3 rings (SSSR count). The third kappa shape index (κ3) is 3.02. The molecule has 23 heavy (non-hydrogen) atoms. The van der Waals surface area contributed by atoms with Gasteiger partial charge in [0.05, 0.1) is 22.9 Å². The van der Waals surface area contributed by atoms with Crippen LogP contribution >= 0.6 is 0 Å². The summed E-state index contributed by atoms with van der Waals surface area (Å²) in [6.45, 7) is 11.1. The first-order valence-corrected chi connectivity index (χ1v) is 8.37. The maximum Gasteiger partial charge on any atom is 0.245 e. The maximum absolute atomic E-state index is 12.8. The fourth-order valence-corrected chi connectivity index (χ4v) is 3.98. The van der Waals surface area contributed by atoms with Crippen molar-refractivity contribution in [3.8, 4) is 0 Å². The number of ether oxygens (including phenoxy) is 1. The van der Waals surface area contributed by atoms with Gasteiger partial charge in [0.15, 0.2) is 0 Å². The molecule has 1 N–H and O–H groups in total. The number of nitrogens with one attached hydrogen (secondary N) is 1. The Morgan fingerprint density at radius 3 is 2.57 bits per heavy atom. The van der Waals surface area contributed by atoms with Crippen LogP contribution in [0.3, 0.4) is 0 Å². The van der Waals surface area contributed by atoms with E-state index in [1.165, 1.54) is 0 Å². The molecule has 128 valence electrons. The van der Waals surface area contributed by atoms with Crippen molar-refractivity contribution in [3.05, 3.63) is 11.8 Å². The highest BCUT2D eigenvalue weighted by molar-refractivity contribution is 5.98. The fraction of sp³-hybridized carbons (Fsp3) is 0.765. The molecular formula is C17H28N4O2. The summed E-state index contributed by atoms with van der Waals surface area (Å²) in [6.07, 6.45) is 1.73. The standard InChI is InChI=1S/C17H28N4O2/c1-11-9-14(20(6)19-11)21-8-7-12(15(21)22)18-13-10-16(2,3)23-17(13,4)5/h9,12-13,18H,7-8,10H2,1-6H3/t12-,13+/m1/s1. The Labute approximate surface area is 138 Å². The molecule has 2 aliphatic rings. The normalized spacial score (nSPS) is 29.5. The first kappa shape index (κ1) is 16.5. The van der Waals surface area contributed by atoms with Gasteiger partial charge in [-0.25, -0.2) is 0 Å². The highest BCUT2D eigenvalue weighted by Gasteiger charge is 2.48. The Morgan fingerprint density at radius 2 is 2.04 bits per heavy atom. The first-order chi connectivity index (χ1) is 10.6. The highest BCUT2D eigenvalue weighted by atomic mass is 16.5. The quantitative estimate of drug-likeness (QED) is 0.922. The minimum Gasteiger partial charge on any atom is -0.368 e. The third-order valence-corrected chi connectivity index (χ3v) is 4.94. The zero-order valence-corrected chi connectivity index (χ0v) is 15.0. The van der Waals surface area contributed by atoms with E-state index in [4.69, 9.17) is 4.74 Å². The lowest BCUT2D eigenvalue weighted by Crippen LogP contribution is -2.50. The summed E-state index contributed by atoms with van der Waals surface area (Å²) < 4.78 is 7.91.